The summed E-state index contributed by atoms with van der Waals surface area (Å²) in [7, 11) is 0. The number of halogens is 1. The summed E-state index contributed by atoms with van der Waals surface area (Å²) in [6, 6.07) is 0.0301. The first-order chi connectivity index (χ1) is 4.22. The van der Waals surface area contributed by atoms with Gasteiger partial charge in [-0.05, 0) is 12.8 Å². The van der Waals surface area contributed by atoms with Gasteiger partial charge in [0.1, 0.15) is 0 Å². The van der Waals surface area contributed by atoms with E-state index in [1.54, 1.807) is 0 Å². The molecule has 1 rings (SSSR count). The molecule has 60 valence electrons. The van der Waals surface area contributed by atoms with E-state index in [1.165, 1.54) is 0 Å². The number of hydrogen-bond donors (Lipinski definition) is 2. The van der Waals surface area contributed by atoms with Crippen LogP contribution in [-0.4, -0.2) is 11.9 Å². The van der Waals surface area contributed by atoms with Gasteiger partial charge < -0.3 is 11.5 Å². The van der Waals surface area contributed by atoms with Gasteiger partial charge in [-0.25, -0.2) is 0 Å². The van der Waals surface area contributed by atoms with Gasteiger partial charge in [-0.1, -0.05) is 6.42 Å². The summed E-state index contributed by atoms with van der Waals surface area (Å²) in [5.41, 5.74) is 10.6. The molecular weight excluding hydrogens is 196 g/mol. The van der Waals surface area contributed by atoms with Crippen LogP contribution in [0.25, 0.3) is 0 Å². The minimum atomic E-state index is -0.236. The molecule has 1 aliphatic rings. The van der Waals surface area contributed by atoms with Crippen molar-refractivity contribution < 1.29 is 4.79 Å². The maximum absolute atomic E-state index is 10.6. The van der Waals surface area contributed by atoms with Crippen LogP contribution in [0.5, 0.6) is 0 Å². The van der Waals surface area contributed by atoms with Crippen LogP contribution >= 0.6 is 17.0 Å². The molecule has 2 atom stereocenters. The molecule has 1 amide bonds. The maximum atomic E-state index is 10.6. The largest absolute Gasteiger partial charge is 0.369 e. The molecule has 0 aliphatic heterocycles. The van der Waals surface area contributed by atoms with E-state index in [-0.39, 0.29) is 34.8 Å². The first kappa shape index (κ1) is 9.91. The van der Waals surface area contributed by atoms with E-state index in [4.69, 9.17) is 11.5 Å². The number of primary amides is 1. The minimum absolute atomic E-state index is 0. The van der Waals surface area contributed by atoms with Crippen molar-refractivity contribution in [3.63, 3.8) is 0 Å². The fraction of sp³-hybridized carbons (Fsp3) is 0.833. The maximum Gasteiger partial charge on any atom is 0.222 e. The zero-order valence-corrected chi connectivity index (χ0v) is 7.46. The number of hydrogen-bond acceptors (Lipinski definition) is 2. The first-order valence-corrected chi connectivity index (χ1v) is 3.26. The van der Waals surface area contributed by atoms with Crippen molar-refractivity contribution in [3.05, 3.63) is 0 Å². The van der Waals surface area contributed by atoms with Gasteiger partial charge in [-0.15, -0.1) is 17.0 Å². The Bertz CT molecular complexity index is 129. The summed E-state index contributed by atoms with van der Waals surface area (Å²) in [6.45, 7) is 0. The van der Waals surface area contributed by atoms with Crippen molar-refractivity contribution in [3.8, 4) is 0 Å². The molecular formula is C6H13BrN2O. The van der Waals surface area contributed by atoms with Crippen molar-refractivity contribution in [1.29, 1.82) is 0 Å². The molecule has 0 unspecified atom stereocenters. The molecule has 4 N–H and O–H groups in total. The van der Waals surface area contributed by atoms with Gasteiger partial charge in [-0.3, -0.25) is 4.79 Å². The number of rotatable bonds is 1. The second-order valence-electron chi connectivity index (χ2n) is 2.60. The van der Waals surface area contributed by atoms with Gasteiger partial charge in [0.2, 0.25) is 5.91 Å². The van der Waals surface area contributed by atoms with Gasteiger partial charge >= 0.3 is 0 Å². The molecule has 10 heavy (non-hydrogen) atoms. The van der Waals surface area contributed by atoms with Gasteiger partial charge in [0, 0.05) is 6.04 Å². The second-order valence-corrected chi connectivity index (χ2v) is 2.60. The lowest BCUT2D eigenvalue weighted by Crippen LogP contribution is -2.34. The van der Waals surface area contributed by atoms with Crippen LogP contribution in [0.1, 0.15) is 19.3 Å². The lowest BCUT2D eigenvalue weighted by Gasteiger charge is -2.08. The van der Waals surface area contributed by atoms with Crippen LogP contribution < -0.4 is 11.5 Å². The predicted molar refractivity (Wildman–Crippen MR) is 44.8 cm³/mol. The fourth-order valence-electron chi connectivity index (χ4n) is 1.34. The summed E-state index contributed by atoms with van der Waals surface area (Å²) >= 11 is 0. The zero-order valence-electron chi connectivity index (χ0n) is 5.75. The predicted octanol–water partition coefficient (Wildman–Crippen LogP) is 0.177. The highest BCUT2D eigenvalue weighted by atomic mass is 79.9. The van der Waals surface area contributed by atoms with Crippen LogP contribution in [-0.2, 0) is 4.79 Å². The first-order valence-electron chi connectivity index (χ1n) is 3.26. The molecule has 1 aliphatic carbocycles. The number of amides is 1. The summed E-state index contributed by atoms with van der Waals surface area (Å²) in [5, 5.41) is 0. The van der Waals surface area contributed by atoms with Crippen molar-refractivity contribution in [2.75, 3.05) is 0 Å². The highest BCUT2D eigenvalue weighted by molar-refractivity contribution is 8.93. The van der Waals surface area contributed by atoms with Crippen LogP contribution in [0, 0.1) is 5.92 Å². The van der Waals surface area contributed by atoms with E-state index >= 15 is 0 Å². The van der Waals surface area contributed by atoms with Crippen molar-refractivity contribution in [2.45, 2.75) is 25.3 Å². The van der Waals surface area contributed by atoms with E-state index in [1.807, 2.05) is 0 Å². The Morgan fingerprint density at radius 2 is 2.00 bits per heavy atom. The normalized spacial score (nSPS) is 31.3. The molecule has 0 saturated heterocycles. The Morgan fingerprint density at radius 3 is 2.20 bits per heavy atom. The third kappa shape index (κ3) is 1.95. The number of nitrogens with two attached hydrogens (primary N) is 2. The van der Waals surface area contributed by atoms with Crippen LogP contribution in [0.2, 0.25) is 0 Å². The Balaban J connectivity index is 0.000000810. The van der Waals surface area contributed by atoms with Crippen molar-refractivity contribution in [2.24, 2.45) is 17.4 Å². The van der Waals surface area contributed by atoms with Gasteiger partial charge in [0.15, 0.2) is 0 Å². The van der Waals surface area contributed by atoms with Crippen LogP contribution in [0.3, 0.4) is 0 Å². The minimum Gasteiger partial charge on any atom is -0.369 e. The number of carbonyl (C=O) groups excluding carboxylic acids is 1. The third-order valence-corrected chi connectivity index (χ3v) is 1.93. The van der Waals surface area contributed by atoms with Gasteiger partial charge in [-0.2, -0.15) is 0 Å². The lowest BCUT2D eigenvalue weighted by atomic mass is 10.0. The molecule has 0 aromatic carbocycles. The monoisotopic (exact) mass is 208 g/mol. The number of carbonyl (C=O) groups is 1. The fourth-order valence-corrected chi connectivity index (χ4v) is 1.34. The molecule has 0 aromatic heterocycles. The van der Waals surface area contributed by atoms with Crippen LogP contribution in [0.4, 0.5) is 0 Å². The highest BCUT2D eigenvalue weighted by Crippen LogP contribution is 2.22. The molecule has 0 heterocycles. The lowest BCUT2D eigenvalue weighted by molar-refractivity contribution is -0.121. The summed E-state index contributed by atoms with van der Waals surface area (Å²) in [6.07, 6.45) is 2.89. The SMILES string of the molecule is Br.NC(=O)[C@@H]1CCC[C@@H]1N. The summed E-state index contributed by atoms with van der Waals surface area (Å²) in [5.74, 6) is -0.287. The molecule has 0 spiro atoms. The molecule has 0 aromatic rings. The zero-order chi connectivity index (χ0) is 6.85. The Morgan fingerprint density at radius 1 is 1.40 bits per heavy atom. The summed E-state index contributed by atoms with van der Waals surface area (Å²) < 4.78 is 0. The van der Waals surface area contributed by atoms with E-state index in [9.17, 15) is 4.79 Å². The van der Waals surface area contributed by atoms with E-state index in [0.717, 1.165) is 19.3 Å². The second kappa shape index (κ2) is 3.93. The molecule has 0 bridgehead atoms. The van der Waals surface area contributed by atoms with Gasteiger partial charge in [0.25, 0.3) is 0 Å². The smallest absolute Gasteiger partial charge is 0.222 e. The van der Waals surface area contributed by atoms with E-state index in [0.29, 0.717) is 0 Å². The Kier molecular flexibility index (Phi) is 3.89. The Hall–Kier alpha value is -0.0900. The van der Waals surface area contributed by atoms with E-state index in [2.05, 4.69) is 0 Å². The highest BCUT2D eigenvalue weighted by Gasteiger charge is 2.27. The molecule has 4 heteroatoms. The standard InChI is InChI=1S/C6H12N2O.BrH/c7-5-3-1-2-4(5)6(8)9;/h4-5H,1-3,7H2,(H2,8,9);1H/t4-,5+;/m1./s1. The average molecular weight is 209 g/mol. The van der Waals surface area contributed by atoms with E-state index < -0.39 is 0 Å². The van der Waals surface area contributed by atoms with Gasteiger partial charge in [0.05, 0.1) is 5.92 Å². The quantitative estimate of drug-likeness (QED) is 0.646. The van der Waals surface area contributed by atoms with Crippen molar-refractivity contribution in [1.82, 2.24) is 0 Å². The third-order valence-electron chi connectivity index (χ3n) is 1.93. The summed E-state index contributed by atoms with van der Waals surface area (Å²) in [4.78, 5) is 10.6. The molecule has 0 radical (unpaired) electrons. The Labute approximate surface area is 70.9 Å². The van der Waals surface area contributed by atoms with Crippen LogP contribution in [0.15, 0.2) is 0 Å². The van der Waals surface area contributed by atoms with Crippen molar-refractivity contribution >= 4 is 22.9 Å². The average Bonchev–Trinajstić information content (AvgIpc) is 2.13. The molecule has 3 nitrogen and oxygen atoms in total. The topological polar surface area (TPSA) is 69.1 Å². The molecule has 1 saturated carbocycles. The molecule has 1 fully saturated rings.